The van der Waals surface area contributed by atoms with Gasteiger partial charge in [-0.15, -0.1) is 0 Å². The fraction of sp³-hybridized carbons (Fsp3) is 0.312. The first-order valence-electron chi connectivity index (χ1n) is 7.99. The summed E-state index contributed by atoms with van der Waals surface area (Å²) in [5, 5.41) is 7.60. The zero-order valence-electron chi connectivity index (χ0n) is 14.1. The minimum atomic E-state index is -1.28. The van der Waals surface area contributed by atoms with Crippen LogP contribution >= 0.6 is 11.3 Å². The number of imide groups is 1. The van der Waals surface area contributed by atoms with E-state index in [1.54, 1.807) is 19.1 Å². The molecule has 0 unspecified atom stereocenters. The smallest absolute Gasteiger partial charge is 0.325 e. The van der Waals surface area contributed by atoms with Crippen LogP contribution in [0.5, 0.6) is 0 Å². The Morgan fingerprint density at radius 2 is 2.15 bits per heavy atom. The number of hydrogen-bond acceptors (Lipinski definition) is 7. The maximum Gasteiger partial charge on any atom is 0.325 e. The third-order valence-corrected chi connectivity index (χ3v) is 5.30. The lowest BCUT2D eigenvalue weighted by molar-refractivity contribution is -0.132. The number of nitrogens with one attached hydrogen (secondary N) is 1. The van der Waals surface area contributed by atoms with Crippen molar-refractivity contribution in [3.63, 3.8) is 0 Å². The number of aryl methyl sites for hydroxylation is 1. The molecule has 3 aromatic heterocycles. The van der Waals surface area contributed by atoms with E-state index in [4.69, 9.17) is 4.42 Å². The second-order valence-electron chi connectivity index (χ2n) is 6.05. The SMILES string of the molecule is CCc1nn2c(=O)cc(CN3C(=O)N[C@@](C)(c4ccco4)C3=O)nc2s1. The highest BCUT2D eigenvalue weighted by Crippen LogP contribution is 2.29. The Hall–Kier alpha value is -3.01. The van der Waals surface area contributed by atoms with Crippen molar-refractivity contribution >= 4 is 28.2 Å². The molecule has 10 heteroatoms. The summed E-state index contributed by atoms with van der Waals surface area (Å²) in [6.45, 7) is 3.41. The number of urea groups is 1. The second-order valence-corrected chi connectivity index (χ2v) is 7.09. The fourth-order valence-corrected chi connectivity index (χ4v) is 3.71. The molecule has 1 saturated heterocycles. The van der Waals surface area contributed by atoms with Crippen LogP contribution in [0, 0.1) is 0 Å². The van der Waals surface area contributed by atoms with Gasteiger partial charge in [-0.05, 0) is 25.5 Å². The van der Waals surface area contributed by atoms with Crippen LogP contribution in [0.3, 0.4) is 0 Å². The van der Waals surface area contributed by atoms with Gasteiger partial charge < -0.3 is 9.73 Å². The molecule has 1 aliphatic rings. The Kier molecular flexibility index (Phi) is 3.65. The van der Waals surface area contributed by atoms with E-state index in [9.17, 15) is 14.4 Å². The van der Waals surface area contributed by atoms with Gasteiger partial charge >= 0.3 is 6.03 Å². The molecule has 1 aliphatic heterocycles. The molecule has 3 aromatic rings. The third kappa shape index (κ3) is 2.41. The Morgan fingerprint density at radius 3 is 2.85 bits per heavy atom. The van der Waals surface area contributed by atoms with Crippen molar-refractivity contribution in [2.24, 2.45) is 0 Å². The van der Waals surface area contributed by atoms with Gasteiger partial charge in [-0.25, -0.2) is 9.78 Å². The largest absolute Gasteiger partial charge is 0.466 e. The Bertz CT molecular complexity index is 1070. The van der Waals surface area contributed by atoms with Crippen molar-refractivity contribution in [2.45, 2.75) is 32.4 Å². The molecule has 0 aromatic carbocycles. The number of amides is 3. The molecule has 1 fully saturated rings. The molecule has 134 valence electrons. The molecule has 1 atom stereocenters. The van der Waals surface area contributed by atoms with E-state index in [0.29, 0.717) is 22.8 Å². The predicted molar refractivity (Wildman–Crippen MR) is 91.7 cm³/mol. The maximum atomic E-state index is 12.8. The molecule has 9 nitrogen and oxygen atoms in total. The molecule has 4 heterocycles. The van der Waals surface area contributed by atoms with Crippen LogP contribution in [-0.2, 0) is 23.3 Å². The fourth-order valence-electron chi connectivity index (χ4n) is 2.85. The topological polar surface area (TPSA) is 110 Å². The normalized spacial score (nSPS) is 20.2. The van der Waals surface area contributed by atoms with Crippen LogP contribution in [0.25, 0.3) is 4.96 Å². The molecule has 0 spiro atoms. The summed E-state index contributed by atoms with van der Waals surface area (Å²) in [5.74, 6) is -0.116. The number of carbonyl (C=O) groups is 2. The minimum Gasteiger partial charge on any atom is -0.466 e. The summed E-state index contributed by atoms with van der Waals surface area (Å²) in [5.41, 5.74) is -1.30. The lowest BCUT2D eigenvalue weighted by atomic mass is 9.99. The lowest BCUT2D eigenvalue weighted by Gasteiger charge is -2.18. The molecule has 26 heavy (non-hydrogen) atoms. The number of rotatable bonds is 4. The summed E-state index contributed by atoms with van der Waals surface area (Å²) >= 11 is 1.30. The first kappa shape index (κ1) is 16.5. The van der Waals surface area contributed by atoms with Crippen molar-refractivity contribution < 1.29 is 14.0 Å². The highest BCUT2D eigenvalue weighted by atomic mass is 32.1. The van der Waals surface area contributed by atoms with E-state index >= 15 is 0 Å². The standard InChI is InChI=1S/C16H15N5O4S/c1-3-11-19-21-12(22)7-9(17-15(21)26-11)8-20-13(23)16(2,18-14(20)24)10-5-4-6-25-10/h4-7H,3,8H2,1-2H3,(H,18,24)/t16-/m0/s1. The number of carbonyl (C=O) groups excluding carboxylic acids is 2. The Labute approximate surface area is 151 Å². The van der Waals surface area contributed by atoms with E-state index in [1.807, 2.05) is 6.92 Å². The van der Waals surface area contributed by atoms with E-state index in [0.717, 1.165) is 9.91 Å². The van der Waals surface area contributed by atoms with Crippen LogP contribution in [-0.4, -0.2) is 31.4 Å². The average Bonchev–Trinajstić information content (AvgIpc) is 3.31. The van der Waals surface area contributed by atoms with Gasteiger partial charge in [0.05, 0.1) is 18.5 Å². The van der Waals surface area contributed by atoms with Gasteiger partial charge in [0.15, 0.2) is 5.54 Å². The lowest BCUT2D eigenvalue weighted by Crippen LogP contribution is -2.40. The summed E-state index contributed by atoms with van der Waals surface area (Å²) in [6, 6.07) is 4.00. The highest BCUT2D eigenvalue weighted by molar-refractivity contribution is 7.16. The first-order chi connectivity index (χ1) is 12.4. The molecule has 0 aliphatic carbocycles. The molecule has 4 rings (SSSR count). The van der Waals surface area contributed by atoms with E-state index in [1.165, 1.54) is 28.2 Å². The number of aromatic nitrogens is 3. The van der Waals surface area contributed by atoms with Gasteiger partial charge in [-0.3, -0.25) is 14.5 Å². The molecule has 0 saturated carbocycles. The molecular weight excluding hydrogens is 358 g/mol. The van der Waals surface area contributed by atoms with Crippen molar-refractivity contribution in [3.05, 3.63) is 51.3 Å². The molecular formula is C16H15N5O4S. The zero-order chi connectivity index (χ0) is 18.5. The van der Waals surface area contributed by atoms with Crippen molar-refractivity contribution in [3.8, 4) is 0 Å². The molecule has 1 N–H and O–H groups in total. The van der Waals surface area contributed by atoms with Crippen LogP contribution < -0.4 is 10.9 Å². The number of nitrogens with zero attached hydrogens (tertiary/aromatic N) is 4. The predicted octanol–water partition coefficient (Wildman–Crippen LogP) is 1.27. The van der Waals surface area contributed by atoms with Gasteiger partial charge in [-0.2, -0.15) is 9.61 Å². The number of hydrogen-bond donors (Lipinski definition) is 1. The van der Waals surface area contributed by atoms with Crippen LogP contribution in [0.15, 0.2) is 33.7 Å². The average molecular weight is 373 g/mol. The minimum absolute atomic E-state index is 0.105. The number of fused-ring (bicyclic) bond motifs is 1. The molecule has 0 radical (unpaired) electrons. The van der Waals surface area contributed by atoms with Gasteiger partial charge in [0.25, 0.3) is 11.5 Å². The van der Waals surface area contributed by atoms with Gasteiger partial charge in [0.2, 0.25) is 4.96 Å². The third-order valence-electron chi connectivity index (χ3n) is 4.25. The highest BCUT2D eigenvalue weighted by Gasteiger charge is 2.51. The zero-order valence-corrected chi connectivity index (χ0v) is 14.9. The van der Waals surface area contributed by atoms with Crippen molar-refractivity contribution in [2.75, 3.05) is 0 Å². The second kappa shape index (κ2) is 5.77. The molecule has 3 amide bonds. The Morgan fingerprint density at radius 1 is 1.35 bits per heavy atom. The van der Waals surface area contributed by atoms with Crippen LogP contribution in [0.4, 0.5) is 4.79 Å². The Balaban J connectivity index is 1.67. The van der Waals surface area contributed by atoms with Crippen molar-refractivity contribution in [1.29, 1.82) is 0 Å². The number of furan rings is 1. The maximum absolute atomic E-state index is 12.8. The first-order valence-corrected chi connectivity index (χ1v) is 8.81. The van der Waals surface area contributed by atoms with Gasteiger partial charge in [0.1, 0.15) is 10.8 Å². The summed E-state index contributed by atoms with van der Waals surface area (Å²) in [4.78, 5) is 43.2. The van der Waals surface area contributed by atoms with Gasteiger partial charge in [0, 0.05) is 6.07 Å². The van der Waals surface area contributed by atoms with E-state index in [-0.39, 0.29) is 12.1 Å². The summed E-state index contributed by atoms with van der Waals surface area (Å²) < 4.78 is 6.52. The van der Waals surface area contributed by atoms with Crippen LogP contribution in [0.1, 0.15) is 30.3 Å². The summed E-state index contributed by atoms with van der Waals surface area (Å²) in [7, 11) is 0. The molecule has 0 bridgehead atoms. The van der Waals surface area contributed by atoms with Crippen molar-refractivity contribution in [1.82, 2.24) is 24.8 Å². The van der Waals surface area contributed by atoms with Crippen LogP contribution in [0.2, 0.25) is 0 Å². The van der Waals surface area contributed by atoms with Gasteiger partial charge in [-0.1, -0.05) is 18.3 Å². The quantitative estimate of drug-likeness (QED) is 0.690. The summed E-state index contributed by atoms with van der Waals surface area (Å²) in [6.07, 6.45) is 2.13. The van der Waals surface area contributed by atoms with E-state index < -0.39 is 17.5 Å². The monoisotopic (exact) mass is 373 g/mol. The van der Waals surface area contributed by atoms with E-state index in [2.05, 4.69) is 15.4 Å².